The van der Waals surface area contributed by atoms with Crippen molar-refractivity contribution in [3.63, 3.8) is 0 Å². The van der Waals surface area contributed by atoms with Crippen molar-refractivity contribution in [2.24, 2.45) is 5.92 Å². The van der Waals surface area contributed by atoms with Crippen molar-refractivity contribution in [2.75, 3.05) is 0 Å². The Balaban J connectivity index is 2.05. The average Bonchev–Trinajstić information content (AvgIpc) is 2.38. The van der Waals surface area contributed by atoms with Crippen molar-refractivity contribution in [2.45, 2.75) is 45.0 Å². The topological polar surface area (TPSA) is 0 Å². The number of benzene rings is 1. The van der Waals surface area contributed by atoms with Crippen molar-refractivity contribution >= 4 is 19.4 Å². The normalized spacial score (nSPS) is 19.9. The molecule has 1 aromatic carbocycles. The largest absolute Gasteiger partial charge is 0.248 e. The number of hydrogen-bond acceptors (Lipinski definition) is 0. The molecule has 0 N–H and O–H groups in total. The van der Waals surface area contributed by atoms with Crippen LogP contribution in [0.25, 0.3) is 6.08 Å². The van der Waals surface area contributed by atoms with Gasteiger partial charge in [-0.3, -0.25) is 0 Å². The molecule has 100 valence electrons. The van der Waals surface area contributed by atoms with Gasteiger partial charge in [0.1, 0.15) is 7.85 Å². The van der Waals surface area contributed by atoms with E-state index in [-0.39, 0.29) is 18.8 Å². The van der Waals surface area contributed by atoms with E-state index in [0.717, 1.165) is 17.4 Å². The fraction of sp³-hybridized carbons (Fsp3) is 0.500. The molecule has 0 amide bonds. The van der Waals surface area contributed by atoms with Gasteiger partial charge in [0, 0.05) is 12.8 Å². The summed E-state index contributed by atoms with van der Waals surface area (Å²) in [5, 5.41) is 0. The van der Waals surface area contributed by atoms with E-state index in [1.54, 1.807) is 0 Å². The Bertz CT molecular complexity index is 456. The third kappa shape index (κ3) is 3.92. The molecule has 1 aliphatic carbocycles. The van der Waals surface area contributed by atoms with E-state index in [4.69, 9.17) is 7.85 Å². The van der Waals surface area contributed by atoms with E-state index in [9.17, 15) is 8.78 Å². The molecule has 0 bridgehead atoms. The zero-order valence-electron chi connectivity index (χ0n) is 11.3. The van der Waals surface area contributed by atoms with Crippen LogP contribution in [0.15, 0.2) is 24.3 Å². The second-order valence-electron chi connectivity index (χ2n) is 5.36. The Labute approximate surface area is 115 Å². The summed E-state index contributed by atoms with van der Waals surface area (Å²) in [4.78, 5) is 0. The lowest BCUT2D eigenvalue weighted by atomic mass is 9.85. The minimum Gasteiger partial charge on any atom is -0.207 e. The van der Waals surface area contributed by atoms with Crippen molar-refractivity contribution in [3.8, 4) is 0 Å². The summed E-state index contributed by atoms with van der Waals surface area (Å²) < 4.78 is 26.1. The Morgan fingerprint density at radius 1 is 1.32 bits per heavy atom. The van der Waals surface area contributed by atoms with Gasteiger partial charge in [-0.1, -0.05) is 42.7 Å². The van der Waals surface area contributed by atoms with Gasteiger partial charge in [0.2, 0.25) is 5.92 Å². The first kappa shape index (κ1) is 14.3. The van der Waals surface area contributed by atoms with E-state index in [0.29, 0.717) is 12.8 Å². The summed E-state index contributed by atoms with van der Waals surface area (Å²) in [6.45, 7) is 2.10. The monoisotopic (exact) mass is 260 g/mol. The molecular weight excluding hydrogens is 241 g/mol. The molecule has 2 radical (unpaired) electrons. The van der Waals surface area contributed by atoms with Crippen LogP contribution in [0.4, 0.5) is 8.78 Å². The molecule has 0 unspecified atom stereocenters. The maximum Gasteiger partial charge on any atom is 0.248 e. The second-order valence-corrected chi connectivity index (χ2v) is 5.36. The molecule has 0 aliphatic heterocycles. The maximum absolute atomic E-state index is 13.1. The van der Waals surface area contributed by atoms with Gasteiger partial charge in [-0.05, 0) is 36.3 Å². The van der Waals surface area contributed by atoms with Crippen molar-refractivity contribution in [1.82, 2.24) is 0 Å². The Morgan fingerprint density at radius 2 is 2.00 bits per heavy atom. The third-order valence-electron chi connectivity index (χ3n) is 3.86. The number of allylic oxidation sites excluding steroid dienone is 1. The zero-order valence-corrected chi connectivity index (χ0v) is 11.3. The summed E-state index contributed by atoms with van der Waals surface area (Å²) in [6.07, 6.45) is 6.24. The van der Waals surface area contributed by atoms with Crippen molar-refractivity contribution < 1.29 is 8.78 Å². The summed E-state index contributed by atoms with van der Waals surface area (Å²) >= 11 is 0. The molecule has 19 heavy (non-hydrogen) atoms. The molecule has 1 saturated carbocycles. The highest BCUT2D eigenvalue weighted by molar-refractivity contribution is 6.32. The van der Waals surface area contributed by atoms with Crippen LogP contribution < -0.4 is 5.46 Å². The second kappa shape index (κ2) is 5.89. The van der Waals surface area contributed by atoms with E-state index in [1.165, 1.54) is 5.56 Å². The molecule has 1 aliphatic rings. The predicted molar refractivity (Wildman–Crippen MR) is 77.1 cm³/mol. The SMILES string of the molecule is [B]c1ccc(CC)c(/C=C/C2CCC(F)(F)CC2)c1. The first-order valence-corrected chi connectivity index (χ1v) is 6.94. The molecule has 0 spiro atoms. The summed E-state index contributed by atoms with van der Waals surface area (Å²) in [7, 11) is 5.79. The quantitative estimate of drug-likeness (QED) is 0.723. The third-order valence-corrected chi connectivity index (χ3v) is 3.86. The minimum absolute atomic E-state index is 0.0135. The summed E-state index contributed by atoms with van der Waals surface area (Å²) in [6, 6.07) is 5.88. The Kier molecular flexibility index (Phi) is 4.44. The van der Waals surface area contributed by atoms with Crippen LogP contribution in [-0.4, -0.2) is 13.8 Å². The van der Waals surface area contributed by atoms with Crippen molar-refractivity contribution in [3.05, 3.63) is 35.4 Å². The molecule has 1 aromatic rings. The van der Waals surface area contributed by atoms with Crippen LogP contribution in [0.3, 0.4) is 0 Å². The van der Waals surface area contributed by atoms with Crippen LogP contribution in [0.1, 0.15) is 43.7 Å². The van der Waals surface area contributed by atoms with E-state index in [2.05, 4.69) is 13.0 Å². The lowest BCUT2D eigenvalue weighted by Gasteiger charge is -2.26. The molecule has 1 fully saturated rings. The van der Waals surface area contributed by atoms with E-state index < -0.39 is 5.92 Å². The fourth-order valence-electron chi connectivity index (χ4n) is 2.59. The number of rotatable bonds is 3. The van der Waals surface area contributed by atoms with E-state index in [1.807, 2.05) is 24.3 Å². The zero-order chi connectivity index (χ0) is 13.9. The van der Waals surface area contributed by atoms with Crippen LogP contribution in [0.5, 0.6) is 0 Å². The molecule has 0 nitrogen and oxygen atoms in total. The smallest absolute Gasteiger partial charge is 0.207 e. The number of aryl methyl sites for hydroxylation is 1. The van der Waals surface area contributed by atoms with Gasteiger partial charge < -0.3 is 0 Å². The molecule has 0 saturated heterocycles. The highest BCUT2D eigenvalue weighted by Gasteiger charge is 2.33. The van der Waals surface area contributed by atoms with Crippen LogP contribution in [0, 0.1) is 5.92 Å². The van der Waals surface area contributed by atoms with Gasteiger partial charge in [0.15, 0.2) is 0 Å². The average molecular weight is 260 g/mol. The maximum atomic E-state index is 13.1. The molecular formula is C16H19BF2. The molecule has 0 aromatic heterocycles. The summed E-state index contributed by atoms with van der Waals surface area (Å²) in [5.41, 5.74) is 3.10. The first-order valence-electron chi connectivity index (χ1n) is 6.94. The van der Waals surface area contributed by atoms with Gasteiger partial charge in [-0.15, -0.1) is 0 Å². The van der Waals surface area contributed by atoms with Crippen LogP contribution in [-0.2, 0) is 6.42 Å². The number of halogens is 2. The molecule has 2 rings (SSSR count). The van der Waals surface area contributed by atoms with Crippen molar-refractivity contribution in [1.29, 1.82) is 0 Å². The van der Waals surface area contributed by atoms with Crippen LogP contribution in [0.2, 0.25) is 0 Å². The molecule has 0 heterocycles. The van der Waals surface area contributed by atoms with Gasteiger partial charge in [-0.25, -0.2) is 8.78 Å². The van der Waals surface area contributed by atoms with Crippen LogP contribution >= 0.6 is 0 Å². The standard InChI is InChI=1S/C16H19BF2/c1-2-13-5-6-15(17)11-14(13)4-3-12-7-9-16(18,19)10-8-12/h3-6,11-12H,2,7-10H2,1H3/b4-3+. The first-order chi connectivity index (χ1) is 9.00. The minimum atomic E-state index is -2.45. The van der Waals surface area contributed by atoms with Gasteiger partial charge in [0.25, 0.3) is 0 Å². The summed E-state index contributed by atoms with van der Waals surface area (Å²) in [5.74, 6) is -2.18. The van der Waals surface area contributed by atoms with Gasteiger partial charge in [0.05, 0.1) is 0 Å². The predicted octanol–water partition coefficient (Wildman–Crippen LogP) is 3.88. The fourth-order valence-corrected chi connectivity index (χ4v) is 2.59. The lowest BCUT2D eigenvalue weighted by Crippen LogP contribution is -2.23. The van der Waals surface area contributed by atoms with E-state index >= 15 is 0 Å². The Hall–Kier alpha value is -1.12. The lowest BCUT2D eigenvalue weighted by molar-refractivity contribution is -0.0410. The molecule has 0 atom stereocenters. The van der Waals surface area contributed by atoms with Gasteiger partial charge >= 0.3 is 0 Å². The highest BCUT2D eigenvalue weighted by atomic mass is 19.3. The Morgan fingerprint density at radius 3 is 2.63 bits per heavy atom. The van der Waals surface area contributed by atoms with Gasteiger partial charge in [-0.2, -0.15) is 0 Å². The number of alkyl halides is 2. The highest BCUT2D eigenvalue weighted by Crippen LogP contribution is 2.36. The number of hydrogen-bond donors (Lipinski definition) is 0. The molecule has 3 heteroatoms.